The van der Waals surface area contributed by atoms with Crippen LogP contribution >= 0.6 is 0 Å². The van der Waals surface area contributed by atoms with Gasteiger partial charge < -0.3 is 9.80 Å². The standard InChI is InChI=1S/C80H60N2/c1-79(2)73-49-55(35-43-69(73)71-45-39-63(51-75(71)79)81(61-21-7-5-8-22-61)77-27-15-19-57-17-11-13-25-67(57)77)31-29-53-33-41-65-59(47-53)37-38-60-48-54(34-42-66(60)65)30-32-56-36-44-70-72-46-40-64(52-76(72)80(3,4)74(70)50-56)82(62-23-9-6-10-24-62)78-28-16-20-58-18-12-14-26-68(58)78/h5-52H,1-4H3. The van der Waals surface area contributed by atoms with E-state index in [4.69, 9.17) is 0 Å². The fraction of sp³-hybridized carbons (Fsp3) is 0.0750. The van der Waals surface area contributed by atoms with Crippen LogP contribution in [-0.2, 0) is 10.8 Å². The summed E-state index contributed by atoms with van der Waals surface area (Å²) in [6, 6.07) is 98.5. The summed E-state index contributed by atoms with van der Waals surface area (Å²) >= 11 is 0. The molecule has 0 saturated heterocycles. The van der Waals surface area contributed by atoms with Gasteiger partial charge in [0.25, 0.3) is 0 Å². The van der Waals surface area contributed by atoms with E-state index in [9.17, 15) is 0 Å². The molecule has 0 heterocycles. The van der Waals surface area contributed by atoms with Crippen LogP contribution in [0.25, 0.3) is 89.6 Å². The van der Waals surface area contributed by atoms with Crippen LogP contribution in [0.5, 0.6) is 0 Å². The Morgan fingerprint density at radius 2 is 0.585 bits per heavy atom. The van der Waals surface area contributed by atoms with E-state index in [0.29, 0.717) is 0 Å². The molecule has 82 heavy (non-hydrogen) atoms. The number of nitrogens with zero attached hydrogens (tertiary/aromatic N) is 2. The molecule has 0 aromatic heterocycles. The molecule has 15 rings (SSSR count). The fourth-order valence-electron chi connectivity index (χ4n) is 13.5. The van der Waals surface area contributed by atoms with Crippen molar-refractivity contribution in [3.8, 4) is 22.3 Å². The average molecular weight is 1050 g/mol. The lowest BCUT2D eigenvalue weighted by Crippen LogP contribution is -2.16. The second-order valence-corrected chi connectivity index (χ2v) is 23.4. The molecule has 0 amide bonds. The quantitative estimate of drug-likeness (QED) is 0.0995. The van der Waals surface area contributed by atoms with E-state index in [1.807, 2.05) is 0 Å². The Bertz CT molecular complexity index is 4440. The molecule has 2 heteroatoms. The van der Waals surface area contributed by atoms with Gasteiger partial charge in [-0.3, -0.25) is 0 Å². The van der Waals surface area contributed by atoms with Crippen LogP contribution in [0.3, 0.4) is 0 Å². The summed E-state index contributed by atoms with van der Waals surface area (Å²) in [5.41, 5.74) is 22.0. The number of hydrogen-bond acceptors (Lipinski definition) is 2. The minimum absolute atomic E-state index is 0.185. The predicted molar refractivity (Wildman–Crippen MR) is 352 cm³/mol. The Morgan fingerprint density at radius 3 is 1.01 bits per heavy atom. The van der Waals surface area contributed by atoms with Gasteiger partial charge in [-0.1, -0.05) is 246 Å². The van der Waals surface area contributed by atoms with Crippen LogP contribution in [0, 0.1) is 0 Å². The van der Waals surface area contributed by atoms with E-state index in [1.54, 1.807) is 0 Å². The maximum atomic E-state index is 2.42. The minimum Gasteiger partial charge on any atom is -0.310 e. The monoisotopic (exact) mass is 1050 g/mol. The smallest absolute Gasteiger partial charge is 0.0540 e. The first-order valence-electron chi connectivity index (χ1n) is 28.7. The largest absolute Gasteiger partial charge is 0.310 e. The Hall–Kier alpha value is -10.0. The molecule has 2 nitrogen and oxygen atoms in total. The summed E-state index contributed by atoms with van der Waals surface area (Å²) in [6.07, 6.45) is 9.07. The lowest BCUT2D eigenvalue weighted by atomic mass is 9.81. The zero-order valence-electron chi connectivity index (χ0n) is 46.6. The van der Waals surface area contributed by atoms with E-state index < -0.39 is 0 Å². The number of benzene rings is 13. The van der Waals surface area contributed by atoms with Crippen LogP contribution < -0.4 is 9.80 Å². The molecule has 2 aliphatic rings. The van der Waals surface area contributed by atoms with Gasteiger partial charge in [-0.05, 0) is 172 Å². The van der Waals surface area contributed by atoms with Gasteiger partial charge in [-0.15, -0.1) is 0 Å². The van der Waals surface area contributed by atoms with Crippen LogP contribution in [-0.4, -0.2) is 0 Å². The SMILES string of the molecule is CC1(C)c2cc(C=Cc3ccc4c(ccc5cc(C=Cc6ccc7c(c6)C(C)(C)c6cc(N(c8ccccc8)c8cccc9ccccc89)ccc6-7)ccc54)c3)ccc2-c2ccc(N(c3ccccc3)c3cccc4ccccc34)cc21. The Morgan fingerprint density at radius 1 is 0.244 bits per heavy atom. The number of para-hydroxylation sites is 2. The van der Waals surface area contributed by atoms with E-state index in [-0.39, 0.29) is 10.8 Å². The van der Waals surface area contributed by atoms with Gasteiger partial charge in [0.1, 0.15) is 0 Å². The lowest BCUT2D eigenvalue weighted by Gasteiger charge is -2.29. The molecule has 0 atom stereocenters. The normalized spacial score (nSPS) is 13.7. The molecule has 0 fully saturated rings. The van der Waals surface area contributed by atoms with Crippen molar-refractivity contribution in [3.05, 3.63) is 311 Å². The summed E-state index contributed by atoms with van der Waals surface area (Å²) < 4.78 is 0. The number of fused-ring (bicyclic) bond motifs is 11. The van der Waals surface area contributed by atoms with Gasteiger partial charge >= 0.3 is 0 Å². The summed E-state index contributed by atoms with van der Waals surface area (Å²) in [5, 5.41) is 9.93. The summed E-state index contributed by atoms with van der Waals surface area (Å²) in [6.45, 7) is 9.51. The predicted octanol–water partition coefficient (Wildman–Crippen LogP) is 22.2. The number of hydrogen-bond donors (Lipinski definition) is 0. The average Bonchev–Trinajstić information content (AvgIpc) is 2.67. The highest BCUT2D eigenvalue weighted by molar-refractivity contribution is 6.09. The highest BCUT2D eigenvalue weighted by Gasteiger charge is 2.38. The molecule has 0 radical (unpaired) electrons. The molecule has 0 unspecified atom stereocenters. The summed E-state index contributed by atoms with van der Waals surface area (Å²) in [7, 11) is 0. The van der Waals surface area contributed by atoms with Crippen LogP contribution in [0.2, 0.25) is 0 Å². The van der Waals surface area contributed by atoms with Gasteiger partial charge in [0.05, 0.1) is 11.4 Å². The second-order valence-electron chi connectivity index (χ2n) is 23.4. The van der Waals surface area contributed by atoms with Crippen molar-refractivity contribution in [1.29, 1.82) is 0 Å². The lowest BCUT2D eigenvalue weighted by molar-refractivity contribution is 0.660. The molecule has 0 aliphatic heterocycles. The van der Waals surface area contributed by atoms with Gasteiger partial charge in [-0.25, -0.2) is 0 Å². The van der Waals surface area contributed by atoms with Gasteiger partial charge in [-0.2, -0.15) is 0 Å². The number of anilines is 6. The van der Waals surface area contributed by atoms with Crippen molar-refractivity contribution in [2.45, 2.75) is 38.5 Å². The third kappa shape index (κ3) is 8.24. The van der Waals surface area contributed by atoms with Crippen molar-refractivity contribution >= 4 is 102 Å². The zero-order valence-corrected chi connectivity index (χ0v) is 46.6. The zero-order chi connectivity index (χ0) is 55.1. The topological polar surface area (TPSA) is 6.48 Å². The van der Waals surface area contributed by atoms with E-state index in [1.165, 1.54) is 121 Å². The van der Waals surface area contributed by atoms with Gasteiger partial charge in [0.2, 0.25) is 0 Å². The summed E-state index contributed by atoms with van der Waals surface area (Å²) in [4.78, 5) is 4.82. The van der Waals surface area contributed by atoms with Gasteiger partial charge in [0.15, 0.2) is 0 Å². The van der Waals surface area contributed by atoms with Crippen molar-refractivity contribution in [3.63, 3.8) is 0 Å². The molecule has 390 valence electrons. The van der Waals surface area contributed by atoms with Crippen molar-refractivity contribution in [1.82, 2.24) is 0 Å². The molecular weight excluding hydrogens is 989 g/mol. The Kier molecular flexibility index (Phi) is 11.6. The third-order valence-corrected chi connectivity index (χ3v) is 17.7. The molecule has 2 aliphatic carbocycles. The van der Waals surface area contributed by atoms with Crippen molar-refractivity contribution < 1.29 is 0 Å². The third-order valence-electron chi connectivity index (χ3n) is 17.7. The second kappa shape index (κ2) is 19.4. The maximum absolute atomic E-state index is 2.42. The minimum atomic E-state index is -0.185. The highest BCUT2D eigenvalue weighted by Crippen LogP contribution is 2.53. The van der Waals surface area contributed by atoms with Crippen molar-refractivity contribution in [2.24, 2.45) is 0 Å². The Labute approximate surface area is 480 Å². The van der Waals surface area contributed by atoms with E-state index in [0.717, 1.165) is 22.7 Å². The maximum Gasteiger partial charge on any atom is 0.0540 e. The first-order valence-corrected chi connectivity index (χ1v) is 28.7. The number of rotatable bonds is 10. The molecule has 0 bridgehead atoms. The Balaban J connectivity index is 0.665. The molecule has 0 N–H and O–H groups in total. The molecule has 0 saturated carbocycles. The van der Waals surface area contributed by atoms with Gasteiger partial charge in [0, 0.05) is 44.4 Å². The first kappa shape index (κ1) is 49.1. The van der Waals surface area contributed by atoms with Crippen LogP contribution in [0.1, 0.15) is 72.2 Å². The molecule has 13 aromatic carbocycles. The van der Waals surface area contributed by atoms with E-state index in [2.05, 4.69) is 329 Å². The van der Waals surface area contributed by atoms with E-state index >= 15 is 0 Å². The fourth-order valence-corrected chi connectivity index (χ4v) is 13.5. The molecular formula is C80H60N2. The first-order chi connectivity index (χ1) is 40.1. The van der Waals surface area contributed by atoms with Crippen molar-refractivity contribution in [2.75, 3.05) is 9.80 Å². The van der Waals surface area contributed by atoms with Crippen LogP contribution in [0.15, 0.2) is 267 Å². The summed E-state index contributed by atoms with van der Waals surface area (Å²) in [5.74, 6) is 0. The van der Waals surface area contributed by atoms with Crippen LogP contribution in [0.4, 0.5) is 34.1 Å². The molecule has 13 aromatic rings. The highest BCUT2D eigenvalue weighted by atomic mass is 15.1. The molecule has 0 spiro atoms.